The van der Waals surface area contributed by atoms with Gasteiger partial charge in [0.2, 0.25) is 5.91 Å². The average Bonchev–Trinajstić information content (AvgIpc) is 2.85. The SMILES string of the molecule is Cc1ccc(CN(C(=O)COc2ccc(Cl)cc2Cl)C(Cc2ccccc2)C(=O)NCC(C)C)cc1. The molecule has 0 aliphatic heterocycles. The Bertz CT molecular complexity index is 1150. The topological polar surface area (TPSA) is 58.6 Å². The van der Waals surface area contributed by atoms with E-state index >= 15 is 0 Å². The zero-order chi connectivity index (χ0) is 26.1. The predicted octanol–water partition coefficient (Wildman–Crippen LogP) is 6.09. The smallest absolute Gasteiger partial charge is 0.261 e. The van der Waals surface area contributed by atoms with Crippen molar-refractivity contribution in [3.63, 3.8) is 0 Å². The third-order valence-electron chi connectivity index (χ3n) is 5.67. The standard InChI is InChI=1S/C29H32Cl2N2O3/c1-20(2)17-32-29(35)26(15-22-7-5-4-6-8-22)33(18-23-11-9-21(3)10-12-23)28(34)19-36-27-14-13-24(30)16-25(27)31/h4-14,16,20,26H,15,17-19H2,1-3H3,(H,32,35). The summed E-state index contributed by atoms with van der Waals surface area (Å²) in [5.74, 6) is 0.122. The lowest BCUT2D eigenvalue weighted by molar-refractivity contribution is -0.142. The van der Waals surface area contributed by atoms with Gasteiger partial charge in [-0.1, -0.05) is 97.2 Å². The van der Waals surface area contributed by atoms with Crippen LogP contribution in [0.15, 0.2) is 72.8 Å². The van der Waals surface area contributed by atoms with Crippen LogP contribution in [0.3, 0.4) is 0 Å². The van der Waals surface area contributed by atoms with Crippen LogP contribution in [0.1, 0.15) is 30.5 Å². The van der Waals surface area contributed by atoms with Crippen LogP contribution < -0.4 is 10.1 Å². The summed E-state index contributed by atoms with van der Waals surface area (Å²) >= 11 is 12.2. The molecule has 0 fully saturated rings. The van der Waals surface area contributed by atoms with Gasteiger partial charge < -0.3 is 15.0 Å². The Morgan fingerprint density at radius 1 is 0.944 bits per heavy atom. The summed E-state index contributed by atoms with van der Waals surface area (Å²) in [4.78, 5) is 28.6. The molecule has 190 valence electrons. The van der Waals surface area contributed by atoms with Gasteiger partial charge >= 0.3 is 0 Å². The Kier molecular flexibility index (Phi) is 10.2. The Balaban J connectivity index is 1.90. The van der Waals surface area contributed by atoms with Gasteiger partial charge in [0.05, 0.1) is 5.02 Å². The van der Waals surface area contributed by atoms with Gasteiger partial charge in [0.15, 0.2) is 6.61 Å². The van der Waals surface area contributed by atoms with E-state index in [1.807, 2.05) is 75.4 Å². The van der Waals surface area contributed by atoms with Crippen molar-refractivity contribution in [3.05, 3.63) is 99.5 Å². The minimum Gasteiger partial charge on any atom is -0.482 e. The highest BCUT2D eigenvalue weighted by Gasteiger charge is 2.30. The number of halogens is 2. The lowest BCUT2D eigenvalue weighted by Crippen LogP contribution is -2.52. The molecular formula is C29H32Cl2N2O3. The normalized spacial score (nSPS) is 11.7. The van der Waals surface area contributed by atoms with Crippen molar-refractivity contribution in [3.8, 4) is 5.75 Å². The molecule has 0 saturated heterocycles. The third kappa shape index (κ3) is 8.28. The molecule has 1 N–H and O–H groups in total. The zero-order valence-corrected chi connectivity index (χ0v) is 22.4. The molecule has 3 aromatic carbocycles. The summed E-state index contributed by atoms with van der Waals surface area (Å²) in [5.41, 5.74) is 3.01. The van der Waals surface area contributed by atoms with E-state index < -0.39 is 6.04 Å². The molecule has 5 nitrogen and oxygen atoms in total. The van der Waals surface area contributed by atoms with Gasteiger partial charge in [-0.3, -0.25) is 9.59 Å². The molecule has 1 unspecified atom stereocenters. The van der Waals surface area contributed by atoms with Crippen molar-refractivity contribution in [1.29, 1.82) is 0 Å². The first-order valence-corrected chi connectivity index (χ1v) is 12.7. The largest absolute Gasteiger partial charge is 0.482 e. The number of benzene rings is 3. The van der Waals surface area contributed by atoms with E-state index in [-0.39, 0.29) is 30.9 Å². The van der Waals surface area contributed by atoms with E-state index in [9.17, 15) is 9.59 Å². The molecule has 0 heterocycles. The summed E-state index contributed by atoms with van der Waals surface area (Å²) in [6.07, 6.45) is 0.379. The molecular weight excluding hydrogens is 495 g/mol. The summed E-state index contributed by atoms with van der Waals surface area (Å²) in [7, 11) is 0. The van der Waals surface area contributed by atoms with Crippen LogP contribution in [0, 0.1) is 12.8 Å². The highest BCUT2D eigenvalue weighted by molar-refractivity contribution is 6.35. The maximum atomic E-state index is 13.6. The van der Waals surface area contributed by atoms with Gasteiger partial charge in [0.25, 0.3) is 5.91 Å². The number of ether oxygens (including phenoxy) is 1. The van der Waals surface area contributed by atoms with Crippen LogP contribution in [-0.4, -0.2) is 35.9 Å². The lowest BCUT2D eigenvalue weighted by Gasteiger charge is -2.31. The molecule has 36 heavy (non-hydrogen) atoms. The Morgan fingerprint density at radius 3 is 2.28 bits per heavy atom. The van der Waals surface area contributed by atoms with E-state index in [4.69, 9.17) is 27.9 Å². The van der Waals surface area contributed by atoms with Crippen LogP contribution >= 0.6 is 23.2 Å². The molecule has 3 aromatic rings. The molecule has 7 heteroatoms. The highest BCUT2D eigenvalue weighted by atomic mass is 35.5. The van der Waals surface area contributed by atoms with Crippen molar-refractivity contribution < 1.29 is 14.3 Å². The number of carbonyl (C=O) groups excluding carboxylic acids is 2. The Morgan fingerprint density at radius 2 is 1.64 bits per heavy atom. The molecule has 2 amide bonds. The van der Waals surface area contributed by atoms with Crippen molar-refractivity contribution in [1.82, 2.24) is 10.2 Å². The first-order chi connectivity index (χ1) is 17.2. The zero-order valence-electron chi connectivity index (χ0n) is 20.8. The van der Waals surface area contributed by atoms with Crippen LogP contribution in [0.4, 0.5) is 0 Å². The predicted molar refractivity (Wildman–Crippen MR) is 145 cm³/mol. The van der Waals surface area contributed by atoms with Gasteiger partial charge in [-0.05, 0) is 42.2 Å². The first-order valence-electron chi connectivity index (χ1n) is 12.0. The second-order valence-electron chi connectivity index (χ2n) is 9.22. The summed E-state index contributed by atoms with van der Waals surface area (Å²) in [6.45, 7) is 6.59. The van der Waals surface area contributed by atoms with Crippen LogP contribution in [0.25, 0.3) is 0 Å². The van der Waals surface area contributed by atoms with Crippen molar-refractivity contribution in [2.24, 2.45) is 5.92 Å². The number of aryl methyl sites for hydroxylation is 1. The van der Waals surface area contributed by atoms with E-state index in [1.165, 1.54) is 0 Å². The second-order valence-corrected chi connectivity index (χ2v) is 10.1. The fourth-order valence-corrected chi connectivity index (χ4v) is 4.14. The maximum Gasteiger partial charge on any atom is 0.261 e. The first kappa shape index (κ1) is 27.6. The van der Waals surface area contributed by atoms with Crippen molar-refractivity contribution >= 4 is 35.0 Å². The fraction of sp³-hybridized carbons (Fsp3) is 0.310. The Hall–Kier alpha value is -3.02. The van der Waals surface area contributed by atoms with Crippen LogP contribution in [0.5, 0.6) is 5.75 Å². The van der Waals surface area contributed by atoms with Crippen molar-refractivity contribution in [2.45, 2.75) is 39.8 Å². The second kappa shape index (κ2) is 13.3. The molecule has 0 aliphatic carbocycles. The molecule has 0 saturated carbocycles. The summed E-state index contributed by atoms with van der Waals surface area (Å²) in [5, 5.41) is 3.80. The van der Waals surface area contributed by atoms with Gasteiger partial charge in [0.1, 0.15) is 11.8 Å². The van der Waals surface area contributed by atoms with Crippen LogP contribution in [-0.2, 0) is 22.6 Å². The summed E-state index contributed by atoms with van der Waals surface area (Å²) in [6, 6.07) is 21.7. The number of hydrogen-bond acceptors (Lipinski definition) is 3. The van der Waals surface area contributed by atoms with Gasteiger partial charge in [-0.25, -0.2) is 0 Å². The highest BCUT2D eigenvalue weighted by Crippen LogP contribution is 2.27. The molecule has 0 bridgehead atoms. The number of rotatable bonds is 11. The monoisotopic (exact) mass is 526 g/mol. The maximum absolute atomic E-state index is 13.6. The molecule has 1 atom stereocenters. The fourth-order valence-electron chi connectivity index (χ4n) is 3.68. The minimum absolute atomic E-state index is 0.197. The van der Waals surface area contributed by atoms with E-state index in [0.717, 1.165) is 16.7 Å². The number of nitrogens with one attached hydrogen (secondary N) is 1. The van der Waals surface area contributed by atoms with Gasteiger partial charge in [-0.15, -0.1) is 0 Å². The number of hydrogen-bond donors (Lipinski definition) is 1. The minimum atomic E-state index is -0.718. The Labute approximate surface area is 223 Å². The van der Waals surface area contributed by atoms with E-state index in [0.29, 0.717) is 28.8 Å². The van der Waals surface area contributed by atoms with Crippen molar-refractivity contribution in [2.75, 3.05) is 13.2 Å². The van der Waals surface area contributed by atoms with Gasteiger partial charge in [0, 0.05) is 24.5 Å². The average molecular weight is 527 g/mol. The quantitative estimate of drug-likeness (QED) is 0.328. The molecule has 3 rings (SSSR count). The van der Waals surface area contributed by atoms with E-state index in [2.05, 4.69) is 5.32 Å². The molecule has 0 radical (unpaired) electrons. The molecule has 0 aromatic heterocycles. The number of nitrogens with zero attached hydrogens (tertiary/aromatic N) is 1. The van der Waals surface area contributed by atoms with Crippen LogP contribution in [0.2, 0.25) is 10.0 Å². The lowest BCUT2D eigenvalue weighted by atomic mass is 10.0. The van der Waals surface area contributed by atoms with Gasteiger partial charge in [-0.2, -0.15) is 0 Å². The number of amides is 2. The third-order valence-corrected chi connectivity index (χ3v) is 6.20. The molecule has 0 aliphatic rings. The van der Waals surface area contributed by atoms with E-state index in [1.54, 1.807) is 23.1 Å². The summed E-state index contributed by atoms with van der Waals surface area (Å²) < 4.78 is 5.76. The number of carbonyl (C=O) groups is 2. The molecule has 0 spiro atoms.